The number of allylic oxidation sites excluding steroid dienone is 1. The molecule has 0 saturated carbocycles. The van der Waals surface area contributed by atoms with Crippen LogP contribution in [-0.2, 0) is 0 Å². The summed E-state index contributed by atoms with van der Waals surface area (Å²) < 4.78 is 0. The Bertz CT molecular complexity index is 750. The zero-order chi connectivity index (χ0) is 15.9. The average molecular weight is 315 g/mol. The average Bonchev–Trinajstić information content (AvgIpc) is 2.93. The van der Waals surface area contributed by atoms with Gasteiger partial charge < -0.3 is 0 Å². The highest BCUT2D eigenvalue weighted by Crippen LogP contribution is 2.18. The number of rotatable bonds is 5. The molecule has 0 unspecified atom stereocenters. The Morgan fingerprint density at radius 2 is 2.14 bits per heavy atom. The first-order chi connectivity index (χ1) is 10.6. The summed E-state index contributed by atoms with van der Waals surface area (Å²) >= 11 is 1.34. The lowest BCUT2D eigenvalue weighted by Crippen LogP contribution is -2.16. The minimum Gasteiger partial charge on any atom is -0.266 e. The van der Waals surface area contributed by atoms with Gasteiger partial charge in [-0.05, 0) is 42.2 Å². The van der Waals surface area contributed by atoms with Crippen LogP contribution in [0.2, 0.25) is 0 Å². The predicted molar refractivity (Wildman–Crippen MR) is 87.1 cm³/mol. The standard InChI is InChI=1S/C15H13N3O3S/c1-11-8-10-22-14(11)15(19)17-16-9-4-6-12-5-2-3-7-13(12)18(20)21/h2-10H,1H3,(H,17,19)/b6-4+,16-9-. The quantitative estimate of drug-likeness (QED) is 0.521. The molecule has 0 saturated heterocycles. The molecule has 0 fully saturated rings. The Balaban J connectivity index is 1.97. The van der Waals surface area contributed by atoms with E-state index >= 15 is 0 Å². The van der Waals surface area contributed by atoms with E-state index in [-0.39, 0.29) is 11.6 Å². The second-order valence-electron chi connectivity index (χ2n) is 4.33. The number of aryl methyl sites for hydroxylation is 1. The number of nitro groups is 1. The summed E-state index contributed by atoms with van der Waals surface area (Å²) in [5.41, 5.74) is 3.79. The molecule has 0 aliphatic carbocycles. The normalized spacial score (nSPS) is 11.1. The van der Waals surface area contributed by atoms with E-state index in [1.165, 1.54) is 29.7 Å². The van der Waals surface area contributed by atoms with Gasteiger partial charge in [0.05, 0.1) is 15.4 Å². The molecule has 0 spiro atoms. The number of nitrogens with one attached hydrogen (secondary N) is 1. The molecule has 2 aromatic rings. The first kappa shape index (κ1) is 15.6. The zero-order valence-corrected chi connectivity index (χ0v) is 12.5. The Morgan fingerprint density at radius 1 is 1.36 bits per heavy atom. The Kier molecular flexibility index (Phi) is 5.16. The number of amides is 1. The maximum Gasteiger partial charge on any atom is 0.281 e. The maximum atomic E-state index is 11.8. The molecular formula is C15H13N3O3S. The van der Waals surface area contributed by atoms with E-state index in [1.807, 2.05) is 18.4 Å². The summed E-state index contributed by atoms with van der Waals surface area (Å²) in [6.45, 7) is 1.85. The molecule has 0 atom stereocenters. The molecule has 7 heteroatoms. The van der Waals surface area contributed by atoms with Gasteiger partial charge in [-0.15, -0.1) is 11.3 Å². The van der Waals surface area contributed by atoms with Crippen molar-refractivity contribution < 1.29 is 9.72 Å². The van der Waals surface area contributed by atoms with Gasteiger partial charge in [-0.25, -0.2) is 5.43 Å². The van der Waals surface area contributed by atoms with Crippen LogP contribution in [0.25, 0.3) is 6.08 Å². The van der Waals surface area contributed by atoms with Crippen molar-refractivity contribution in [3.63, 3.8) is 0 Å². The highest BCUT2D eigenvalue weighted by molar-refractivity contribution is 7.12. The van der Waals surface area contributed by atoms with Crippen LogP contribution in [0.1, 0.15) is 20.8 Å². The lowest BCUT2D eigenvalue weighted by atomic mass is 10.2. The van der Waals surface area contributed by atoms with E-state index < -0.39 is 4.92 Å². The lowest BCUT2D eigenvalue weighted by molar-refractivity contribution is -0.385. The molecular weight excluding hydrogens is 302 g/mol. The Hall–Kier alpha value is -2.80. The van der Waals surface area contributed by atoms with E-state index in [2.05, 4.69) is 10.5 Å². The van der Waals surface area contributed by atoms with Crippen molar-refractivity contribution >= 4 is 35.2 Å². The van der Waals surface area contributed by atoms with Gasteiger partial charge in [0, 0.05) is 12.3 Å². The maximum absolute atomic E-state index is 11.8. The van der Waals surface area contributed by atoms with Gasteiger partial charge in [0.15, 0.2) is 0 Å². The molecule has 6 nitrogen and oxygen atoms in total. The molecule has 0 radical (unpaired) electrons. The fraction of sp³-hybridized carbons (Fsp3) is 0.0667. The molecule has 112 valence electrons. The van der Waals surface area contributed by atoms with Gasteiger partial charge in [0.2, 0.25) is 0 Å². The minimum atomic E-state index is -0.446. The monoisotopic (exact) mass is 315 g/mol. The molecule has 1 amide bonds. The molecule has 1 aromatic carbocycles. The highest BCUT2D eigenvalue weighted by Gasteiger charge is 2.09. The smallest absolute Gasteiger partial charge is 0.266 e. The fourth-order valence-corrected chi connectivity index (χ4v) is 2.55. The van der Waals surface area contributed by atoms with Crippen molar-refractivity contribution in [3.8, 4) is 0 Å². The molecule has 1 aromatic heterocycles. The van der Waals surface area contributed by atoms with Crippen LogP contribution < -0.4 is 5.43 Å². The number of thiophene rings is 1. The number of nitro benzene ring substituents is 1. The second kappa shape index (κ2) is 7.28. The van der Waals surface area contributed by atoms with Gasteiger partial charge in [-0.2, -0.15) is 5.10 Å². The number of carbonyl (C=O) groups is 1. The first-order valence-electron chi connectivity index (χ1n) is 6.37. The van der Waals surface area contributed by atoms with E-state index in [4.69, 9.17) is 0 Å². The Labute approximate surface area is 130 Å². The van der Waals surface area contributed by atoms with Crippen molar-refractivity contribution in [1.29, 1.82) is 0 Å². The van der Waals surface area contributed by atoms with Crippen molar-refractivity contribution in [3.05, 3.63) is 67.9 Å². The summed E-state index contributed by atoms with van der Waals surface area (Å²) in [7, 11) is 0. The largest absolute Gasteiger partial charge is 0.281 e. The van der Waals surface area contributed by atoms with Gasteiger partial charge in [0.1, 0.15) is 0 Å². The number of hydrogen-bond acceptors (Lipinski definition) is 5. The van der Waals surface area contributed by atoms with Crippen molar-refractivity contribution in [2.75, 3.05) is 0 Å². The molecule has 2 rings (SSSR count). The second-order valence-corrected chi connectivity index (χ2v) is 5.24. The van der Waals surface area contributed by atoms with Crippen LogP contribution in [0, 0.1) is 17.0 Å². The van der Waals surface area contributed by atoms with Gasteiger partial charge in [-0.1, -0.05) is 12.1 Å². The SMILES string of the molecule is Cc1ccsc1C(=O)N/N=C\C=C\c1ccccc1[N+](=O)[O-]. The molecule has 22 heavy (non-hydrogen) atoms. The first-order valence-corrected chi connectivity index (χ1v) is 7.25. The van der Waals surface area contributed by atoms with E-state index in [9.17, 15) is 14.9 Å². The van der Waals surface area contributed by atoms with E-state index in [0.717, 1.165) is 5.56 Å². The van der Waals surface area contributed by atoms with E-state index in [0.29, 0.717) is 10.4 Å². The summed E-state index contributed by atoms with van der Waals surface area (Å²) in [5.74, 6) is -0.275. The number of benzene rings is 1. The van der Waals surface area contributed by atoms with Crippen molar-refractivity contribution in [2.45, 2.75) is 6.92 Å². The number of para-hydroxylation sites is 1. The van der Waals surface area contributed by atoms with Gasteiger partial charge >= 0.3 is 0 Å². The number of nitrogens with zero attached hydrogens (tertiary/aromatic N) is 2. The summed E-state index contributed by atoms with van der Waals surface area (Å²) in [5, 5.41) is 16.5. The molecule has 1 N–H and O–H groups in total. The van der Waals surface area contributed by atoms with Crippen LogP contribution >= 0.6 is 11.3 Å². The van der Waals surface area contributed by atoms with Gasteiger partial charge in [0.25, 0.3) is 11.6 Å². The fourth-order valence-electron chi connectivity index (χ4n) is 1.74. The summed E-state index contributed by atoms with van der Waals surface area (Å²) in [6, 6.07) is 8.24. The molecule has 1 heterocycles. The highest BCUT2D eigenvalue weighted by atomic mass is 32.1. The third kappa shape index (κ3) is 3.86. The number of hydrazone groups is 1. The topological polar surface area (TPSA) is 84.6 Å². The summed E-state index contributed by atoms with van der Waals surface area (Å²) in [6.07, 6.45) is 4.46. The number of hydrogen-bond donors (Lipinski definition) is 1. The Morgan fingerprint density at radius 3 is 2.82 bits per heavy atom. The van der Waals surface area contributed by atoms with Crippen molar-refractivity contribution in [1.82, 2.24) is 5.43 Å². The third-order valence-corrected chi connectivity index (χ3v) is 3.82. The minimum absolute atomic E-state index is 0.0189. The zero-order valence-electron chi connectivity index (χ0n) is 11.7. The van der Waals surface area contributed by atoms with Crippen LogP contribution in [0.3, 0.4) is 0 Å². The third-order valence-electron chi connectivity index (χ3n) is 2.80. The molecule has 0 aliphatic rings. The van der Waals surface area contributed by atoms with Crippen LogP contribution in [0.5, 0.6) is 0 Å². The van der Waals surface area contributed by atoms with Crippen LogP contribution in [0.15, 0.2) is 46.9 Å². The van der Waals surface area contributed by atoms with Crippen molar-refractivity contribution in [2.24, 2.45) is 5.10 Å². The van der Waals surface area contributed by atoms with Crippen LogP contribution in [-0.4, -0.2) is 17.0 Å². The molecule has 0 aliphatic heterocycles. The lowest BCUT2D eigenvalue weighted by Gasteiger charge is -1.97. The predicted octanol–water partition coefficient (Wildman–Crippen LogP) is 3.39. The number of carbonyl (C=O) groups excluding carboxylic acids is 1. The van der Waals surface area contributed by atoms with Gasteiger partial charge in [-0.3, -0.25) is 14.9 Å². The van der Waals surface area contributed by atoms with E-state index in [1.54, 1.807) is 24.3 Å². The van der Waals surface area contributed by atoms with Crippen LogP contribution in [0.4, 0.5) is 5.69 Å². The molecule has 0 bridgehead atoms. The summed E-state index contributed by atoms with van der Waals surface area (Å²) in [4.78, 5) is 22.8.